The van der Waals surface area contributed by atoms with Crippen LogP contribution in [-0.4, -0.2) is 4.98 Å². The smallest absolute Gasteiger partial charge is 0.0708 e. The Morgan fingerprint density at radius 1 is 1.31 bits per heavy atom. The van der Waals surface area contributed by atoms with Crippen molar-refractivity contribution in [2.75, 3.05) is 0 Å². The number of rotatable bonds is 3. The van der Waals surface area contributed by atoms with Gasteiger partial charge in [-0.05, 0) is 31.0 Å². The van der Waals surface area contributed by atoms with Crippen molar-refractivity contribution < 1.29 is 0 Å². The molecule has 0 aliphatic carbocycles. The molecule has 2 aromatic rings. The van der Waals surface area contributed by atoms with E-state index in [1.807, 2.05) is 18.2 Å². The topological polar surface area (TPSA) is 38.9 Å². The average molecular weight is 214 g/mol. The molecule has 2 heteroatoms. The van der Waals surface area contributed by atoms with Gasteiger partial charge in [0, 0.05) is 11.4 Å². The number of aromatic nitrogens is 1. The molecule has 0 aliphatic rings. The normalized spacial score (nSPS) is 12.9. The summed E-state index contributed by atoms with van der Waals surface area (Å²) in [4.78, 5) is 4.63. The Hall–Kier alpha value is -1.41. The van der Waals surface area contributed by atoms with Crippen LogP contribution in [0.15, 0.2) is 30.3 Å². The third-order valence-electron chi connectivity index (χ3n) is 2.92. The minimum Gasteiger partial charge on any atom is -0.323 e. The summed E-state index contributed by atoms with van der Waals surface area (Å²) in [5.41, 5.74) is 9.42. The zero-order chi connectivity index (χ0) is 11.5. The molecule has 2 rings (SSSR count). The molecule has 0 amide bonds. The molecule has 0 aliphatic heterocycles. The van der Waals surface area contributed by atoms with Crippen molar-refractivity contribution in [2.45, 2.75) is 32.7 Å². The van der Waals surface area contributed by atoms with Gasteiger partial charge in [0.2, 0.25) is 0 Å². The monoisotopic (exact) mass is 214 g/mol. The highest BCUT2D eigenvalue weighted by molar-refractivity contribution is 5.82. The number of para-hydroxylation sites is 1. The fraction of sp³-hybridized carbons (Fsp3) is 0.357. The predicted molar refractivity (Wildman–Crippen MR) is 68.3 cm³/mol. The molecule has 84 valence electrons. The summed E-state index contributed by atoms with van der Waals surface area (Å²) >= 11 is 0. The van der Waals surface area contributed by atoms with E-state index in [2.05, 4.69) is 31.0 Å². The van der Waals surface area contributed by atoms with Crippen LogP contribution in [0.1, 0.15) is 37.1 Å². The van der Waals surface area contributed by atoms with E-state index in [1.165, 1.54) is 10.9 Å². The molecule has 2 nitrogen and oxygen atoms in total. The minimum atomic E-state index is 0.0632. The van der Waals surface area contributed by atoms with E-state index in [0.717, 1.165) is 24.1 Å². The third-order valence-corrected chi connectivity index (χ3v) is 2.92. The van der Waals surface area contributed by atoms with Crippen LogP contribution in [-0.2, 0) is 0 Å². The summed E-state index contributed by atoms with van der Waals surface area (Å²) in [6.07, 6.45) is 2.08. The maximum atomic E-state index is 6.10. The first kappa shape index (κ1) is 11.1. The second kappa shape index (κ2) is 4.62. The van der Waals surface area contributed by atoms with Crippen molar-refractivity contribution in [1.29, 1.82) is 0 Å². The van der Waals surface area contributed by atoms with Crippen molar-refractivity contribution in [2.24, 2.45) is 5.73 Å². The van der Waals surface area contributed by atoms with Gasteiger partial charge >= 0.3 is 0 Å². The summed E-state index contributed by atoms with van der Waals surface area (Å²) in [5, 5.41) is 1.22. The van der Waals surface area contributed by atoms with E-state index in [4.69, 9.17) is 5.73 Å². The van der Waals surface area contributed by atoms with Crippen molar-refractivity contribution >= 4 is 10.9 Å². The molecule has 0 unspecified atom stereocenters. The molecule has 2 N–H and O–H groups in total. The molecule has 1 heterocycles. The zero-order valence-electron chi connectivity index (χ0n) is 9.90. The number of fused-ring (bicyclic) bond motifs is 1. The van der Waals surface area contributed by atoms with E-state index >= 15 is 0 Å². The number of benzene rings is 1. The fourth-order valence-electron chi connectivity index (χ4n) is 2.02. The van der Waals surface area contributed by atoms with Crippen LogP contribution in [0, 0.1) is 6.92 Å². The molecule has 0 fully saturated rings. The van der Waals surface area contributed by atoms with Gasteiger partial charge in [-0.25, -0.2) is 0 Å². The highest BCUT2D eigenvalue weighted by Crippen LogP contribution is 2.21. The summed E-state index contributed by atoms with van der Waals surface area (Å²) in [5.74, 6) is 0. The van der Waals surface area contributed by atoms with Crippen molar-refractivity contribution in [3.63, 3.8) is 0 Å². The highest BCUT2D eigenvalue weighted by atomic mass is 14.8. The molecule has 1 aromatic heterocycles. The minimum absolute atomic E-state index is 0.0632. The highest BCUT2D eigenvalue weighted by Gasteiger charge is 2.08. The van der Waals surface area contributed by atoms with Crippen LogP contribution >= 0.6 is 0 Å². The largest absolute Gasteiger partial charge is 0.323 e. The van der Waals surface area contributed by atoms with E-state index in [9.17, 15) is 0 Å². The molecule has 16 heavy (non-hydrogen) atoms. The molecule has 0 radical (unpaired) electrons. The Labute approximate surface area is 96.5 Å². The van der Waals surface area contributed by atoms with Gasteiger partial charge in [0.05, 0.1) is 11.2 Å². The van der Waals surface area contributed by atoms with Crippen LogP contribution in [0.5, 0.6) is 0 Å². The maximum absolute atomic E-state index is 6.10. The molecular weight excluding hydrogens is 196 g/mol. The predicted octanol–water partition coefficient (Wildman–Crippen LogP) is 3.34. The Morgan fingerprint density at radius 2 is 2.06 bits per heavy atom. The van der Waals surface area contributed by atoms with E-state index in [-0.39, 0.29) is 6.04 Å². The Bertz CT molecular complexity index is 491. The van der Waals surface area contributed by atoms with Gasteiger partial charge in [0.25, 0.3) is 0 Å². The Balaban J connectivity index is 2.49. The first-order valence-electron chi connectivity index (χ1n) is 5.84. The van der Waals surface area contributed by atoms with E-state index < -0.39 is 0 Å². The number of pyridine rings is 1. The summed E-state index contributed by atoms with van der Waals surface area (Å²) in [6, 6.07) is 10.4. The first-order valence-corrected chi connectivity index (χ1v) is 5.84. The fourth-order valence-corrected chi connectivity index (χ4v) is 2.02. The zero-order valence-corrected chi connectivity index (χ0v) is 9.90. The van der Waals surface area contributed by atoms with E-state index in [0.29, 0.717) is 0 Å². The van der Waals surface area contributed by atoms with E-state index in [1.54, 1.807) is 0 Å². The number of nitrogens with zero attached hydrogens (tertiary/aromatic N) is 1. The van der Waals surface area contributed by atoms with Crippen LogP contribution in [0.4, 0.5) is 0 Å². The Morgan fingerprint density at radius 3 is 2.81 bits per heavy atom. The van der Waals surface area contributed by atoms with Gasteiger partial charge in [0.15, 0.2) is 0 Å². The van der Waals surface area contributed by atoms with Gasteiger partial charge < -0.3 is 5.73 Å². The molecule has 0 bridgehead atoms. The summed E-state index contributed by atoms with van der Waals surface area (Å²) < 4.78 is 0. The van der Waals surface area contributed by atoms with Gasteiger partial charge in [0.1, 0.15) is 0 Å². The lowest BCUT2D eigenvalue weighted by molar-refractivity contribution is 0.623. The third kappa shape index (κ3) is 2.07. The number of nitrogens with two attached hydrogens (primary N) is 1. The molecule has 1 atom stereocenters. The van der Waals surface area contributed by atoms with Gasteiger partial charge in [-0.15, -0.1) is 0 Å². The van der Waals surface area contributed by atoms with Crippen LogP contribution in [0.2, 0.25) is 0 Å². The van der Waals surface area contributed by atoms with Gasteiger partial charge in [-0.1, -0.05) is 31.5 Å². The number of hydrogen-bond donors (Lipinski definition) is 1. The molecule has 0 spiro atoms. The SMILES string of the molecule is CCC[C@@H](N)c1cc(C)c2ccccc2n1. The Kier molecular flexibility index (Phi) is 3.20. The summed E-state index contributed by atoms with van der Waals surface area (Å²) in [6.45, 7) is 4.26. The second-order valence-corrected chi connectivity index (χ2v) is 4.28. The first-order chi connectivity index (χ1) is 7.72. The molecule has 0 saturated carbocycles. The number of aryl methyl sites for hydroxylation is 1. The molecule has 0 saturated heterocycles. The quantitative estimate of drug-likeness (QED) is 0.851. The maximum Gasteiger partial charge on any atom is 0.0708 e. The number of hydrogen-bond acceptors (Lipinski definition) is 2. The molecular formula is C14H18N2. The second-order valence-electron chi connectivity index (χ2n) is 4.28. The van der Waals surface area contributed by atoms with Crippen molar-refractivity contribution in [3.05, 3.63) is 41.6 Å². The molecule has 1 aromatic carbocycles. The van der Waals surface area contributed by atoms with Crippen molar-refractivity contribution in [3.8, 4) is 0 Å². The summed E-state index contributed by atoms with van der Waals surface area (Å²) in [7, 11) is 0. The lowest BCUT2D eigenvalue weighted by Crippen LogP contribution is -2.12. The van der Waals surface area contributed by atoms with Crippen molar-refractivity contribution in [1.82, 2.24) is 4.98 Å². The van der Waals surface area contributed by atoms with Crippen LogP contribution in [0.25, 0.3) is 10.9 Å². The lowest BCUT2D eigenvalue weighted by atomic mass is 10.0. The van der Waals surface area contributed by atoms with Gasteiger partial charge in [-0.3, -0.25) is 4.98 Å². The average Bonchev–Trinajstić information content (AvgIpc) is 2.29. The standard InChI is InChI=1S/C14H18N2/c1-3-6-12(15)14-9-10(2)11-7-4-5-8-13(11)16-14/h4-5,7-9,12H,3,6,15H2,1-2H3/t12-/m1/s1. The van der Waals surface area contributed by atoms with Crippen LogP contribution < -0.4 is 5.73 Å². The van der Waals surface area contributed by atoms with Gasteiger partial charge in [-0.2, -0.15) is 0 Å². The van der Waals surface area contributed by atoms with Crippen LogP contribution in [0.3, 0.4) is 0 Å². The lowest BCUT2D eigenvalue weighted by Gasteiger charge is -2.12.